The number of morpholine rings is 1. The highest BCUT2D eigenvalue weighted by atomic mass is 16.5. The molecule has 1 aromatic rings. The molecule has 0 radical (unpaired) electrons. The van der Waals surface area contributed by atoms with Crippen LogP contribution >= 0.6 is 0 Å². The van der Waals surface area contributed by atoms with Gasteiger partial charge in [-0.25, -0.2) is 0 Å². The molecule has 3 rings (SSSR count). The van der Waals surface area contributed by atoms with E-state index in [1.54, 1.807) is 24.3 Å². The molecule has 0 bridgehead atoms. The van der Waals surface area contributed by atoms with Gasteiger partial charge in [-0.15, -0.1) is 0 Å². The van der Waals surface area contributed by atoms with Crippen molar-refractivity contribution in [1.82, 2.24) is 9.80 Å². The van der Waals surface area contributed by atoms with Crippen LogP contribution in [0.4, 0.5) is 0 Å². The van der Waals surface area contributed by atoms with Crippen LogP contribution in [0.25, 0.3) is 0 Å². The normalized spacial score (nSPS) is 23.8. The lowest BCUT2D eigenvalue weighted by atomic mass is 10.1. The van der Waals surface area contributed by atoms with Gasteiger partial charge < -0.3 is 4.74 Å². The van der Waals surface area contributed by atoms with Gasteiger partial charge in [0.05, 0.1) is 30.4 Å². The van der Waals surface area contributed by atoms with Gasteiger partial charge in [-0.3, -0.25) is 19.4 Å². The molecule has 1 unspecified atom stereocenters. The predicted octanol–water partition coefficient (Wildman–Crippen LogP) is 0.613. The molecule has 100 valence electrons. The number of hydrogen-bond acceptors (Lipinski definition) is 4. The van der Waals surface area contributed by atoms with Crippen LogP contribution < -0.4 is 0 Å². The van der Waals surface area contributed by atoms with Crippen molar-refractivity contribution in [2.75, 3.05) is 33.4 Å². The van der Waals surface area contributed by atoms with E-state index in [4.69, 9.17) is 4.74 Å². The first-order valence-corrected chi connectivity index (χ1v) is 6.41. The molecule has 1 aromatic carbocycles. The number of nitrogens with zero attached hydrogens (tertiary/aromatic N) is 2. The maximum atomic E-state index is 12.2. The summed E-state index contributed by atoms with van der Waals surface area (Å²) in [6.45, 7) is 2.48. The lowest BCUT2D eigenvalue weighted by Crippen LogP contribution is -2.50. The molecule has 5 nitrogen and oxygen atoms in total. The van der Waals surface area contributed by atoms with Crippen molar-refractivity contribution in [3.05, 3.63) is 35.4 Å². The Morgan fingerprint density at radius 1 is 1.21 bits per heavy atom. The quantitative estimate of drug-likeness (QED) is 0.731. The SMILES string of the molecule is CN1CCOCC1CN1C(=O)c2ccccc2C1=O. The fourth-order valence-corrected chi connectivity index (χ4v) is 2.55. The van der Waals surface area contributed by atoms with Crippen molar-refractivity contribution in [3.63, 3.8) is 0 Å². The van der Waals surface area contributed by atoms with Gasteiger partial charge in [0.1, 0.15) is 0 Å². The average Bonchev–Trinajstić information content (AvgIpc) is 2.67. The van der Waals surface area contributed by atoms with Gasteiger partial charge in [-0.1, -0.05) is 12.1 Å². The molecule has 0 aromatic heterocycles. The minimum absolute atomic E-state index is 0.0796. The number of hydrogen-bond donors (Lipinski definition) is 0. The predicted molar refractivity (Wildman–Crippen MR) is 69.0 cm³/mol. The number of fused-ring (bicyclic) bond motifs is 1. The topological polar surface area (TPSA) is 49.9 Å². The summed E-state index contributed by atoms with van der Waals surface area (Å²) < 4.78 is 5.42. The zero-order chi connectivity index (χ0) is 13.4. The smallest absolute Gasteiger partial charge is 0.261 e. The minimum atomic E-state index is -0.195. The van der Waals surface area contributed by atoms with Crippen LogP contribution in [-0.2, 0) is 4.74 Å². The first kappa shape index (κ1) is 12.3. The lowest BCUT2D eigenvalue weighted by Gasteiger charge is -2.34. The van der Waals surface area contributed by atoms with Crippen LogP contribution in [0.3, 0.4) is 0 Å². The van der Waals surface area contributed by atoms with E-state index in [9.17, 15) is 9.59 Å². The number of carbonyl (C=O) groups is 2. The second-order valence-corrected chi connectivity index (χ2v) is 4.98. The van der Waals surface area contributed by atoms with Crippen molar-refractivity contribution < 1.29 is 14.3 Å². The molecule has 0 saturated carbocycles. The van der Waals surface area contributed by atoms with Crippen molar-refractivity contribution >= 4 is 11.8 Å². The Kier molecular flexibility index (Phi) is 3.08. The maximum absolute atomic E-state index is 12.2. The van der Waals surface area contributed by atoms with E-state index in [0.717, 1.165) is 6.54 Å². The highest BCUT2D eigenvalue weighted by Gasteiger charge is 2.37. The first-order valence-electron chi connectivity index (χ1n) is 6.41. The first-order chi connectivity index (χ1) is 9.18. The summed E-state index contributed by atoms with van der Waals surface area (Å²) in [5.74, 6) is -0.390. The van der Waals surface area contributed by atoms with Gasteiger partial charge in [-0.2, -0.15) is 0 Å². The highest BCUT2D eigenvalue weighted by Crippen LogP contribution is 2.23. The van der Waals surface area contributed by atoms with Gasteiger partial charge in [0.2, 0.25) is 0 Å². The van der Waals surface area contributed by atoms with Crippen LogP contribution in [0.1, 0.15) is 20.7 Å². The number of benzene rings is 1. The van der Waals surface area contributed by atoms with Gasteiger partial charge in [-0.05, 0) is 19.2 Å². The Labute approximate surface area is 111 Å². The number of ether oxygens (including phenoxy) is 1. The molecule has 1 fully saturated rings. The molecule has 0 spiro atoms. The molecule has 0 N–H and O–H groups in total. The number of amides is 2. The van der Waals surface area contributed by atoms with E-state index in [-0.39, 0.29) is 17.9 Å². The van der Waals surface area contributed by atoms with E-state index in [1.165, 1.54) is 4.90 Å². The van der Waals surface area contributed by atoms with Crippen molar-refractivity contribution in [1.29, 1.82) is 0 Å². The maximum Gasteiger partial charge on any atom is 0.261 e. The van der Waals surface area contributed by atoms with Crippen LogP contribution in [0.2, 0.25) is 0 Å². The molecule has 0 aliphatic carbocycles. The third kappa shape index (κ3) is 2.05. The summed E-state index contributed by atoms with van der Waals surface area (Å²) in [7, 11) is 1.99. The third-order valence-corrected chi connectivity index (χ3v) is 3.79. The Balaban J connectivity index is 1.80. The fraction of sp³-hybridized carbons (Fsp3) is 0.429. The van der Waals surface area contributed by atoms with E-state index < -0.39 is 0 Å². The molecule has 2 aliphatic heterocycles. The highest BCUT2D eigenvalue weighted by molar-refractivity contribution is 6.21. The van der Waals surface area contributed by atoms with Crippen molar-refractivity contribution in [2.45, 2.75) is 6.04 Å². The van der Waals surface area contributed by atoms with Gasteiger partial charge in [0.25, 0.3) is 11.8 Å². The van der Waals surface area contributed by atoms with Crippen LogP contribution in [0.5, 0.6) is 0 Å². The van der Waals surface area contributed by atoms with Gasteiger partial charge >= 0.3 is 0 Å². The van der Waals surface area contributed by atoms with E-state index >= 15 is 0 Å². The molecule has 2 amide bonds. The molecule has 1 atom stereocenters. The van der Waals surface area contributed by atoms with Crippen LogP contribution in [-0.4, -0.2) is 61.0 Å². The zero-order valence-corrected chi connectivity index (χ0v) is 10.8. The monoisotopic (exact) mass is 260 g/mol. The fourth-order valence-electron chi connectivity index (χ4n) is 2.55. The Morgan fingerprint density at radius 2 is 1.84 bits per heavy atom. The van der Waals surface area contributed by atoms with Gasteiger partial charge in [0, 0.05) is 13.1 Å². The van der Waals surface area contributed by atoms with Crippen LogP contribution in [0.15, 0.2) is 24.3 Å². The zero-order valence-electron chi connectivity index (χ0n) is 10.8. The second-order valence-electron chi connectivity index (χ2n) is 4.98. The second kappa shape index (κ2) is 4.75. The summed E-state index contributed by atoms with van der Waals surface area (Å²) in [4.78, 5) is 27.9. The minimum Gasteiger partial charge on any atom is -0.378 e. The number of carbonyl (C=O) groups excluding carboxylic acids is 2. The van der Waals surface area contributed by atoms with E-state index in [1.807, 2.05) is 7.05 Å². The average molecular weight is 260 g/mol. The molecule has 1 saturated heterocycles. The molecular weight excluding hydrogens is 244 g/mol. The summed E-state index contributed by atoms with van der Waals surface area (Å²) in [6, 6.07) is 7.05. The van der Waals surface area contributed by atoms with E-state index in [2.05, 4.69) is 4.90 Å². The number of rotatable bonds is 2. The molecule has 2 aliphatic rings. The number of imide groups is 1. The summed E-state index contributed by atoms with van der Waals surface area (Å²) in [5, 5.41) is 0. The van der Waals surface area contributed by atoms with Crippen LogP contribution in [0, 0.1) is 0 Å². The summed E-state index contributed by atoms with van der Waals surface area (Å²) in [5.41, 5.74) is 1.01. The van der Waals surface area contributed by atoms with Crippen molar-refractivity contribution in [3.8, 4) is 0 Å². The Morgan fingerprint density at radius 3 is 2.42 bits per heavy atom. The van der Waals surface area contributed by atoms with E-state index in [0.29, 0.717) is 30.9 Å². The Hall–Kier alpha value is -1.72. The summed E-state index contributed by atoms with van der Waals surface area (Å²) in [6.07, 6.45) is 0. The third-order valence-electron chi connectivity index (χ3n) is 3.79. The summed E-state index contributed by atoms with van der Waals surface area (Å²) >= 11 is 0. The Bertz CT molecular complexity index is 494. The van der Waals surface area contributed by atoms with Gasteiger partial charge in [0.15, 0.2) is 0 Å². The number of likely N-dealkylation sites (N-methyl/N-ethyl adjacent to an activating group) is 1. The lowest BCUT2D eigenvalue weighted by molar-refractivity contribution is -0.00384. The standard InChI is InChI=1S/C14H16N2O3/c1-15-6-7-19-9-10(15)8-16-13(17)11-4-2-3-5-12(11)14(16)18/h2-5,10H,6-9H2,1H3. The molecule has 5 heteroatoms. The van der Waals surface area contributed by atoms with Crippen molar-refractivity contribution in [2.24, 2.45) is 0 Å². The molecule has 19 heavy (non-hydrogen) atoms. The molecular formula is C14H16N2O3. The molecule has 2 heterocycles. The largest absolute Gasteiger partial charge is 0.378 e.